The number of aryl methyl sites for hydroxylation is 2. The highest BCUT2D eigenvalue weighted by Crippen LogP contribution is 2.23. The minimum Gasteiger partial charge on any atom is -0.487 e. The Balaban J connectivity index is 2.13. The Bertz CT molecular complexity index is 546. The van der Waals surface area contributed by atoms with Crippen molar-refractivity contribution in [2.45, 2.75) is 20.5 Å². The van der Waals surface area contributed by atoms with Crippen molar-refractivity contribution in [2.24, 2.45) is 0 Å². The van der Waals surface area contributed by atoms with Gasteiger partial charge in [-0.05, 0) is 31.5 Å². The zero-order valence-corrected chi connectivity index (χ0v) is 10.5. The van der Waals surface area contributed by atoms with Gasteiger partial charge in [-0.3, -0.25) is 0 Å². The molecule has 0 aromatic heterocycles. The van der Waals surface area contributed by atoms with Crippen LogP contribution < -0.4 is 10.5 Å². The van der Waals surface area contributed by atoms with E-state index in [0.29, 0.717) is 18.0 Å². The lowest BCUT2D eigenvalue weighted by Gasteiger charge is -2.10. The summed E-state index contributed by atoms with van der Waals surface area (Å²) in [6.45, 7) is 4.45. The van der Waals surface area contributed by atoms with E-state index in [1.165, 1.54) is 29.3 Å². The second-order valence-electron chi connectivity index (χ2n) is 4.47. The maximum atomic E-state index is 13.1. The Morgan fingerprint density at radius 2 is 1.72 bits per heavy atom. The topological polar surface area (TPSA) is 35.2 Å². The number of anilines is 1. The molecule has 0 fully saturated rings. The van der Waals surface area contributed by atoms with Crippen LogP contribution in [0.25, 0.3) is 0 Å². The largest absolute Gasteiger partial charge is 0.487 e. The van der Waals surface area contributed by atoms with Gasteiger partial charge in [0, 0.05) is 6.07 Å². The fourth-order valence-corrected chi connectivity index (χ4v) is 1.95. The summed E-state index contributed by atoms with van der Waals surface area (Å²) in [4.78, 5) is 0. The van der Waals surface area contributed by atoms with Crippen LogP contribution in [-0.2, 0) is 6.61 Å². The average molecular weight is 245 g/mol. The summed E-state index contributed by atoms with van der Waals surface area (Å²) in [5.74, 6) is 0.0359. The average Bonchev–Trinajstić information content (AvgIpc) is 2.29. The van der Waals surface area contributed by atoms with Gasteiger partial charge in [-0.2, -0.15) is 0 Å². The van der Waals surface area contributed by atoms with E-state index < -0.39 is 0 Å². The molecule has 0 bridgehead atoms. The Morgan fingerprint density at radius 1 is 1.06 bits per heavy atom. The molecule has 3 heteroatoms. The number of halogens is 1. The van der Waals surface area contributed by atoms with Gasteiger partial charge in [0.15, 0.2) is 0 Å². The molecule has 18 heavy (non-hydrogen) atoms. The molecule has 0 amide bonds. The molecule has 0 heterocycles. The van der Waals surface area contributed by atoms with Crippen LogP contribution in [-0.4, -0.2) is 0 Å². The van der Waals surface area contributed by atoms with E-state index >= 15 is 0 Å². The molecular weight excluding hydrogens is 229 g/mol. The summed E-state index contributed by atoms with van der Waals surface area (Å²) >= 11 is 0. The number of hydrogen-bond donors (Lipinski definition) is 1. The molecule has 0 aliphatic heterocycles. The molecule has 2 N–H and O–H groups in total. The second kappa shape index (κ2) is 5.08. The molecule has 0 unspecified atom stereocenters. The Labute approximate surface area is 106 Å². The standard InChI is InChI=1S/C15H16FNO/c1-10-5-11(2)7-12(6-10)9-18-15-8-13(16)3-4-14(15)17/h3-8H,9,17H2,1-2H3. The van der Waals surface area contributed by atoms with Crippen molar-refractivity contribution in [3.8, 4) is 5.75 Å². The van der Waals surface area contributed by atoms with E-state index in [0.717, 1.165) is 5.56 Å². The molecule has 2 aromatic carbocycles. The molecule has 0 saturated carbocycles. The van der Waals surface area contributed by atoms with E-state index in [4.69, 9.17) is 10.5 Å². The summed E-state index contributed by atoms with van der Waals surface area (Å²) < 4.78 is 18.6. The lowest BCUT2D eigenvalue weighted by Crippen LogP contribution is -2.00. The van der Waals surface area contributed by atoms with Crippen LogP contribution in [0.1, 0.15) is 16.7 Å². The normalized spacial score (nSPS) is 10.4. The van der Waals surface area contributed by atoms with Crippen molar-refractivity contribution < 1.29 is 9.13 Å². The van der Waals surface area contributed by atoms with Crippen LogP contribution in [0.4, 0.5) is 10.1 Å². The monoisotopic (exact) mass is 245 g/mol. The van der Waals surface area contributed by atoms with Crippen molar-refractivity contribution in [3.63, 3.8) is 0 Å². The van der Waals surface area contributed by atoms with Crippen LogP contribution >= 0.6 is 0 Å². The van der Waals surface area contributed by atoms with Gasteiger partial charge in [0.25, 0.3) is 0 Å². The number of hydrogen-bond acceptors (Lipinski definition) is 2. The van der Waals surface area contributed by atoms with Crippen LogP contribution in [0.3, 0.4) is 0 Å². The quantitative estimate of drug-likeness (QED) is 0.838. The minimum absolute atomic E-state index is 0.348. The third kappa shape index (κ3) is 3.00. The molecule has 2 aromatic rings. The summed E-state index contributed by atoms with van der Waals surface area (Å²) in [7, 11) is 0. The summed E-state index contributed by atoms with van der Waals surface area (Å²) in [5.41, 5.74) is 9.58. The highest BCUT2D eigenvalue weighted by molar-refractivity contribution is 5.52. The molecule has 2 rings (SSSR count). The Morgan fingerprint density at radius 3 is 2.39 bits per heavy atom. The van der Waals surface area contributed by atoms with Crippen molar-refractivity contribution >= 4 is 5.69 Å². The summed E-state index contributed by atoms with van der Waals surface area (Å²) in [6, 6.07) is 10.3. The number of ether oxygens (including phenoxy) is 1. The predicted octanol–water partition coefficient (Wildman–Crippen LogP) is 3.60. The third-order valence-electron chi connectivity index (χ3n) is 2.65. The van der Waals surface area contributed by atoms with Crippen LogP contribution in [0.2, 0.25) is 0 Å². The first-order valence-corrected chi connectivity index (χ1v) is 5.79. The molecule has 0 atom stereocenters. The second-order valence-corrected chi connectivity index (χ2v) is 4.47. The molecular formula is C15H16FNO. The van der Waals surface area contributed by atoms with E-state index in [1.807, 2.05) is 26.0 Å². The Hall–Kier alpha value is -2.03. The molecule has 0 aliphatic carbocycles. The summed E-state index contributed by atoms with van der Waals surface area (Å²) in [6.07, 6.45) is 0. The molecule has 0 spiro atoms. The molecule has 0 radical (unpaired) electrons. The van der Waals surface area contributed by atoms with E-state index in [-0.39, 0.29) is 5.82 Å². The van der Waals surface area contributed by atoms with Gasteiger partial charge < -0.3 is 10.5 Å². The molecule has 0 saturated heterocycles. The van der Waals surface area contributed by atoms with Gasteiger partial charge >= 0.3 is 0 Å². The van der Waals surface area contributed by atoms with Gasteiger partial charge in [-0.25, -0.2) is 4.39 Å². The lowest BCUT2D eigenvalue weighted by molar-refractivity contribution is 0.306. The predicted molar refractivity (Wildman–Crippen MR) is 71.1 cm³/mol. The number of nitrogens with two attached hydrogens (primary N) is 1. The van der Waals surface area contributed by atoms with Crippen LogP contribution in [0, 0.1) is 19.7 Å². The smallest absolute Gasteiger partial charge is 0.145 e. The molecule has 94 valence electrons. The SMILES string of the molecule is Cc1cc(C)cc(COc2cc(F)ccc2N)c1. The Kier molecular flexibility index (Phi) is 3.51. The fraction of sp³-hybridized carbons (Fsp3) is 0.200. The third-order valence-corrected chi connectivity index (χ3v) is 2.65. The van der Waals surface area contributed by atoms with Gasteiger partial charge in [0.1, 0.15) is 18.2 Å². The maximum Gasteiger partial charge on any atom is 0.145 e. The zero-order valence-electron chi connectivity index (χ0n) is 10.5. The first-order valence-electron chi connectivity index (χ1n) is 5.79. The van der Waals surface area contributed by atoms with E-state index in [9.17, 15) is 4.39 Å². The van der Waals surface area contributed by atoms with Gasteiger partial charge in [-0.1, -0.05) is 29.3 Å². The first kappa shape index (κ1) is 12.4. The number of rotatable bonds is 3. The first-order chi connectivity index (χ1) is 8.54. The van der Waals surface area contributed by atoms with Gasteiger partial charge in [0.05, 0.1) is 5.69 Å². The number of nitrogen functional groups attached to an aromatic ring is 1. The van der Waals surface area contributed by atoms with E-state index in [1.54, 1.807) is 0 Å². The molecule has 2 nitrogen and oxygen atoms in total. The van der Waals surface area contributed by atoms with Crippen LogP contribution in [0.15, 0.2) is 36.4 Å². The summed E-state index contributed by atoms with van der Waals surface area (Å²) in [5, 5.41) is 0. The zero-order chi connectivity index (χ0) is 13.1. The highest BCUT2D eigenvalue weighted by atomic mass is 19.1. The van der Waals surface area contributed by atoms with Crippen molar-refractivity contribution in [1.82, 2.24) is 0 Å². The van der Waals surface area contributed by atoms with Gasteiger partial charge in [0.2, 0.25) is 0 Å². The van der Waals surface area contributed by atoms with Crippen molar-refractivity contribution in [3.05, 3.63) is 58.9 Å². The highest BCUT2D eigenvalue weighted by Gasteiger charge is 2.03. The maximum absolute atomic E-state index is 13.1. The van der Waals surface area contributed by atoms with Gasteiger partial charge in [-0.15, -0.1) is 0 Å². The van der Waals surface area contributed by atoms with Crippen molar-refractivity contribution in [1.29, 1.82) is 0 Å². The van der Waals surface area contributed by atoms with Crippen LogP contribution in [0.5, 0.6) is 5.75 Å². The number of benzene rings is 2. The lowest BCUT2D eigenvalue weighted by atomic mass is 10.1. The van der Waals surface area contributed by atoms with Crippen molar-refractivity contribution in [2.75, 3.05) is 5.73 Å². The van der Waals surface area contributed by atoms with E-state index in [2.05, 4.69) is 6.07 Å². The molecule has 0 aliphatic rings. The minimum atomic E-state index is -0.348. The fourth-order valence-electron chi connectivity index (χ4n) is 1.95.